The number of carbonyl (C=O) groups is 1. The molecular formula is C8H15NOS. The van der Waals surface area contributed by atoms with E-state index in [9.17, 15) is 4.79 Å². The van der Waals surface area contributed by atoms with Crippen LogP contribution in [0.25, 0.3) is 0 Å². The smallest absolute Gasteiger partial charge is 0.224 e. The summed E-state index contributed by atoms with van der Waals surface area (Å²) in [6.07, 6.45) is 1.06. The zero-order chi connectivity index (χ0) is 8.27. The van der Waals surface area contributed by atoms with Crippen LogP contribution in [0.2, 0.25) is 0 Å². The first-order valence-electron chi connectivity index (χ1n) is 4.08. The van der Waals surface area contributed by atoms with Crippen molar-refractivity contribution in [2.45, 2.75) is 26.3 Å². The van der Waals surface area contributed by atoms with Crippen molar-refractivity contribution in [2.75, 3.05) is 11.5 Å². The summed E-state index contributed by atoms with van der Waals surface area (Å²) >= 11 is 1.88. The van der Waals surface area contributed by atoms with Gasteiger partial charge in [-0.1, -0.05) is 0 Å². The summed E-state index contributed by atoms with van der Waals surface area (Å²) in [5, 5.41) is 2.93. The molecule has 1 N–H and O–H groups in total. The predicted octanol–water partition coefficient (Wildman–Crippen LogP) is 1.26. The molecule has 0 bridgehead atoms. The van der Waals surface area contributed by atoms with E-state index in [2.05, 4.69) is 5.32 Å². The molecule has 0 radical (unpaired) electrons. The average Bonchev–Trinajstić information content (AvgIpc) is 2.35. The van der Waals surface area contributed by atoms with Crippen LogP contribution >= 0.6 is 11.8 Å². The van der Waals surface area contributed by atoms with Gasteiger partial charge in [-0.15, -0.1) is 0 Å². The molecule has 0 spiro atoms. The normalized spacial score (nSPS) is 24.1. The highest BCUT2D eigenvalue weighted by Gasteiger charge is 2.22. The van der Waals surface area contributed by atoms with Crippen LogP contribution in [0.3, 0.4) is 0 Å². The monoisotopic (exact) mass is 173 g/mol. The minimum absolute atomic E-state index is 0.241. The lowest BCUT2D eigenvalue weighted by molar-refractivity contribution is -0.124. The lowest BCUT2D eigenvalue weighted by atomic mass is 10.1. The van der Waals surface area contributed by atoms with E-state index in [-0.39, 0.29) is 17.9 Å². The van der Waals surface area contributed by atoms with Gasteiger partial charge in [0.15, 0.2) is 0 Å². The third kappa shape index (κ3) is 2.73. The van der Waals surface area contributed by atoms with Crippen molar-refractivity contribution < 1.29 is 4.79 Å². The van der Waals surface area contributed by atoms with Crippen molar-refractivity contribution in [1.29, 1.82) is 0 Å². The van der Waals surface area contributed by atoms with Gasteiger partial charge in [0, 0.05) is 17.7 Å². The van der Waals surface area contributed by atoms with Crippen molar-refractivity contribution >= 4 is 17.7 Å². The number of amides is 1. The van der Waals surface area contributed by atoms with Crippen LogP contribution in [0.1, 0.15) is 20.3 Å². The highest BCUT2D eigenvalue weighted by Crippen LogP contribution is 2.23. The minimum atomic E-state index is 0.241. The van der Waals surface area contributed by atoms with Crippen LogP contribution in [-0.2, 0) is 4.79 Å². The zero-order valence-electron chi connectivity index (χ0n) is 7.09. The zero-order valence-corrected chi connectivity index (χ0v) is 7.91. The van der Waals surface area contributed by atoms with Crippen molar-refractivity contribution in [3.05, 3.63) is 0 Å². The highest BCUT2D eigenvalue weighted by atomic mass is 32.2. The molecule has 1 saturated heterocycles. The number of carbonyl (C=O) groups excluding carboxylic acids is 1. The van der Waals surface area contributed by atoms with Gasteiger partial charge in [0.25, 0.3) is 0 Å². The molecule has 1 aliphatic heterocycles. The second-order valence-electron chi connectivity index (χ2n) is 3.22. The van der Waals surface area contributed by atoms with Crippen LogP contribution in [0.4, 0.5) is 0 Å². The lowest BCUT2D eigenvalue weighted by Gasteiger charge is -2.11. The maximum atomic E-state index is 11.3. The molecule has 11 heavy (non-hydrogen) atoms. The summed E-state index contributed by atoms with van der Waals surface area (Å²) in [6, 6.07) is 0.285. The van der Waals surface area contributed by atoms with Crippen LogP contribution < -0.4 is 5.32 Å². The van der Waals surface area contributed by atoms with E-state index in [1.54, 1.807) is 0 Å². The molecule has 1 heterocycles. The van der Waals surface area contributed by atoms with E-state index in [0.717, 1.165) is 17.9 Å². The molecule has 2 nitrogen and oxygen atoms in total. The van der Waals surface area contributed by atoms with E-state index in [4.69, 9.17) is 0 Å². The largest absolute Gasteiger partial charge is 0.354 e. The summed E-state index contributed by atoms with van der Waals surface area (Å²) in [4.78, 5) is 11.3. The van der Waals surface area contributed by atoms with E-state index < -0.39 is 0 Å². The Morgan fingerprint density at radius 1 is 1.64 bits per heavy atom. The summed E-state index contributed by atoms with van der Waals surface area (Å²) in [7, 11) is 0. The van der Waals surface area contributed by atoms with E-state index in [1.165, 1.54) is 0 Å². The first-order valence-corrected chi connectivity index (χ1v) is 5.23. The maximum Gasteiger partial charge on any atom is 0.224 e. The molecule has 0 aromatic heterocycles. The standard InChI is InChI=1S/C8H15NOS/c1-6(2)9-8(10)7-3-4-11-5-7/h6-7H,3-5H2,1-2H3,(H,9,10). The van der Waals surface area contributed by atoms with Gasteiger partial charge in [-0.2, -0.15) is 11.8 Å². The summed E-state index contributed by atoms with van der Waals surface area (Å²) in [5.41, 5.74) is 0. The van der Waals surface area contributed by atoms with Crippen LogP contribution in [-0.4, -0.2) is 23.5 Å². The van der Waals surface area contributed by atoms with Gasteiger partial charge < -0.3 is 5.32 Å². The van der Waals surface area contributed by atoms with Gasteiger partial charge in [-0.3, -0.25) is 4.79 Å². The third-order valence-electron chi connectivity index (χ3n) is 1.73. The van der Waals surface area contributed by atoms with Gasteiger partial charge in [-0.05, 0) is 26.0 Å². The fraction of sp³-hybridized carbons (Fsp3) is 0.875. The molecule has 1 unspecified atom stereocenters. The minimum Gasteiger partial charge on any atom is -0.354 e. The number of hydrogen-bond donors (Lipinski definition) is 1. The fourth-order valence-electron chi connectivity index (χ4n) is 1.14. The molecule has 1 amide bonds. The Kier molecular flexibility index (Phi) is 3.24. The average molecular weight is 173 g/mol. The van der Waals surface area contributed by atoms with Gasteiger partial charge in [-0.25, -0.2) is 0 Å². The number of thioether (sulfide) groups is 1. The fourth-order valence-corrected chi connectivity index (χ4v) is 2.36. The summed E-state index contributed by atoms with van der Waals surface area (Å²) < 4.78 is 0. The van der Waals surface area contributed by atoms with E-state index in [1.807, 2.05) is 25.6 Å². The first kappa shape index (κ1) is 8.91. The van der Waals surface area contributed by atoms with Gasteiger partial charge in [0.2, 0.25) is 5.91 Å². The van der Waals surface area contributed by atoms with Gasteiger partial charge >= 0.3 is 0 Å². The second-order valence-corrected chi connectivity index (χ2v) is 4.37. The SMILES string of the molecule is CC(C)NC(=O)C1CCSC1. The Hall–Kier alpha value is -0.180. The van der Waals surface area contributed by atoms with E-state index in [0.29, 0.717) is 0 Å². The third-order valence-corrected chi connectivity index (χ3v) is 2.89. The Morgan fingerprint density at radius 2 is 2.36 bits per heavy atom. The molecule has 1 aliphatic rings. The molecule has 1 atom stereocenters. The molecule has 0 saturated carbocycles. The molecular weight excluding hydrogens is 158 g/mol. The van der Waals surface area contributed by atoms with Crippen molar-refractivity contribution in [1.82, 2.24) is 5.32 Å². The molecule has 1 rings (SSSR count). The summed E-state index contributed by atoms with van der Waals surface area (Å²) in [6.45, 7) is 4.00. The Morgan fingerprint density at radius 3 is 2.82 bits per heavy atom. The topological polar surface area (TPSA) is 29.1 Å². The van der Waals surface area contributed by atoms with Crippen molar-refractivity contribution in [2.24, 2.45) is 5.92 Å². The Balaban J connectivity index is 2.28. The van der Waals surface area contributed by atoms with Crippen molar-refractivity contribution in [3.63, 3.8) is 0 Å². The molecule has 0 aromatic carbocycles. The van der Waals surface area contributed by atoms with E-state index >= 15 is 0 Å². The van der Waals surface area contributed by atoms with Crippen LogP contribution in [0.5, 0.6) is 0 Å². The Labute approximate surface area is 72.1 Å². The maximum absolute atomic E-state index is 11.3. The first-order chi connectivity index (χ1) is 5.20. The number of rotatable bonds is 2. The lowest BCUT2D eigenvalue weighted by Crippen LogP contribution is -2.35. The number of nitrogens with one attached hydrogen (secondary N) is 1. The summed E-state index contributed by atoms with van der Waals surface area (Å²) in [5.74, 6) is 2.68. The number of hydrogen-bond acceptors (Lipinski definition) is 2. The molecule has 0 aliphatic carbocycles. The van der Waals surface area contributed by atoms with Crippen molar-refractivity contribution in [3.8, 4) is 0 Å². The van der Waals surface area contributed by atoms with Gasteiger partial charge in [0.1, 0.15) is 0 Å². The Bertz CT molecular complexity index is 141. The second kappa shape index (κ2) is 4.00. The quantitative estimate of drug-likeness (QED) is 0.681. The predicted molar refractivity (Wildman–Crippen MR) is 48.7 cm³/mol. The van der Waals surface area contributed by atoms with Gasteiger partial charge in [0.05, 0.1) is 0 Å². The van der Waals surface area contributed by atoms with Crippen LogP contribution in [0.15, 0.2) is 0 Å². The highest BCUT2D eigenvalue weighted by molar-refractivity contribution is 7.99. The van der Waals surface area contributed by atoms with Crippen LogP contribution in [0, 0.1) is 5.92 Å². The molecule has 1 fully saturated rings. The molecule has 64 valence electrons. The molecule has 3 heteroatoms. The molecule has 0 aromatic rings.